The number of carbonyl (C=O) groups excluding carboxylic acids is 2. The molecule has 1 aromatic carbocycles. The van der Waals surface area contributed by atoms with Gasteiger partial charge in [-0.2, -0.15) is 0 Å². The van der Waals surface area contributed by atoms with Crippen LogP contribution in [0.25, 0.3) is 0 Å². The molecule has 0 bridgehead atoms. The van der Waals surface area contributed by atoms with Crippen LogP contribution in [-0.2, 0) is 4.79 Å². The van der Waals surface area contributed by atoms with Crippen LogP contribution in [0.1, 0.15) is 17.3 Å². The molecule has 2 N–H and O–H groups in total. The Bertz CT molecular complexity index is 559. The van der Waals surface area contributed by atoms with E-state index >= 15 is 0 Å². The van der Waals surface area contributed by atoms with E-state index in [1.54, 1.807) is 18.2 Å². The number of ether oxygens (including phenoxy) is 1. The van der Waals surface area contributed by atoms with Crippen molar-refractivity contribution in [3.05, 3.63) is 23.8 Å². The van der Waals surface area contributed by atoms with E-state index in [9.17, 15) is 9.59 Å². The number of piperazine rings is 1. The Morgan fingerprint density at radius 3 is 3.10 bits per heavy atom. The van der Waals surface area contributed by atoms with Crippen molar-refractivity contribution < 1.29 is 14.3 Å². The second kappa shape index (κ2) is 5.13. The summed E-state index contributed by atoms with van der Waals surface area (Å²) in [4.78, 5) is 25.6. The highest BCUT2D eigenvalue weighted by Gasteiger charge is 2.25. The molecule has 2 aliphatic heterocycles. The van der Waals surface area contributed by atoms with Crippen LogP contribution >= 0.6 is 0 Å². The number of hydrogen-bond donors (Lipinski definition) is 2. The number of benzene rings is 1. The van der Waals surface area contributed by atoms with Gasteiger partial charge in [-0.15, -0.1) is 0 Å². The number of carbonyl (C=O) groups is 2. The Morgan fingerprint density at radius 2 is 2.30 bits per heavy atom. The van der Waals surface area contributed by atoms with Gasteiger partial charge in [0.25, 0.3) is 11.8 Å². The monoisotopic (exact) mass is 275 g/mol. The topological polar surface area (TPSA) is 70.7 Å². The molecule has 2 heterocycles. The third kappa shape index (κ3) is 2.34. The first-order valence-electron chi connectivity index (χ1n) is 6.73. The summed E-state index contributed by atoms with van der Waals surface area (Å²) in [7, 11) is 0. The third-order valence-electron chi connectivity index (χ3n) is 3.62. The summed E-state index contributed by atoms with van der Waals surface area (Å²) >= 11 is 0. The maximum atomic E-state index is 12.5. The molecule has 0 aromatic heterocycles. The van der Waals surface area contributed by atoms with E-state index in [0.29, 0.717) is 23.5 Å². The fraction of sp³-hybridized carbons (Fsp3) is 0.429. The van der Waals surface area contributed by atoms with Crippen LogP contribution in [0.15, 0.2) is 18.2 Å². The number of rotatable bonds is 1. The Labute approximate surface area is 117 Å². The average Bonchev–Trinajstić information content (AvgIpc) is 2.46. The fourth-order valence-electron chi connectivity index (χ4n) is 2.52. The van der Waals surface area contributed by atoms with E-state index in [-0.39, 0.29) is 24.5 Å². The molecular weight excluding hydrogens is 258 g/mol. The van der Waals surface area contributed by atoms with Crippen LogP contribution in [-0.4, -0.2) is 49.0 Å². The van der Waals surface area contributed by atoms with Crippen molar-refractivity contribution >= 4 is 17.5 Å². The molecule has 1 aromatic rings. The Balaban J connectivity index is 1.83. The zero-order chi connectivity index (χ0) is 14.1. The molecule has 106 valence electrons. The first kappa shape index (κ1) is 12.9. The molecule has 0 radical (unpaired) electrons. The van der Waals surface area contributed by atoms with E-state index in [1.807, 2.05) is 11.8 Å². The summed E-state index contributed by atoms with van der Waals surface area (Å²) in [6.45, 7) is 4.35. The average molecular weight is 275 g/mol. The molecule has 0 aliphatic carbocycles. The highest BCUT2D eigenvalue weighted by molar-refractivity contribution is 5.99. The van der Waals surface area contributed by atoms with Gasteiger partial charge in [0.05, 0.1) is 5.69 Å². The number of anilines is 1. The Morgan fingerprint density at radius 1 is 1.45 bits per heavy atom. The van der Waals surface area contributed by atoms with Gasteiger partial charge in [-0.1, -0.05) is 0 Å². The van der Waals surface area contributed by atoms with Crippen LogP contribution < -0.4 is 15.4 Å². The van der Waals surface area contributed by atoms with Crippen LogP contribution in [0.3, 0.4) is 0 Å². The van der Waals surface area contributed by atoms with Crippen molar-refractivity contribution in [3.63, 3.8) is 0 Å². The molecular formula is C14H17N3O3. The standard InChI is InChI=1S/C14H17N3O3/c1-9-7-15-4-5-17(9)14(19)10-2-3-11-12(6-10)20-8-13(18)16-11/h2-3,6,9,15H,4-5,7-8H2,1H3,(H,16,18)/t9-/m1/s1. The largest absolute Gasteiger partial charge is 0.482 e. The molecule has 1 fully saturated rings. The van der Waals surface area contributed by atoms with Gasteiger partial charge in [0.2, 0.25) is 0 Å². The summed E-state index contributed by atoms with van der Waals surface area (Å²) in [6.07, 6.45) is 0. The molecule has 0 spiro atoms. The normalized spacial score (nSPS) is 21.8. The highest BCUT2D eigenvalue weighted by atomic mass is 16.5. The molecule has 20 heavy (non-hydrogen) atoms. The number of nitrogens with zero attached hydrogens (tertiary/aromatic N) is 1. The van der Waals surface area contributed by atoms with Crippen molar-refractivity contribution in [2.24, 2.45) is 0 Å². The Kier molecular flexibility index (Phi) is 3.31. The van der Waals surface area contributed by atoms with E-state index in [2.05, 4.69) is 10.6 Å². The van der Waals surface area contributed by atoms with E-state index in [1.165, 1.54) is 0 Å². The van der Waals surface area contributed by atoms with E-state index in [0.717, 1.165) is 13.1 Å². The minimum Gasteiger partial charge on any atom is -0.482 e. The minimum atomic E-state index is -0.174. The second-order valence-corrected chi connectivity index (χ2v) is 5.10. The SMILES string of the molecule is C[C@@H]1CNCCN1C(=O)c1ccc2c(c1)OCC(=O)N2. The first-order valence-corrected chi connectivity index (χ1v) is 6.73. The summed E-state index contributed by atoms with van der Waals surface area (Å²) in [6, 6.07) is 5.32. The Hall–Kier alpha value is -2.08. The van der Waals surface area contributed by atoms with Gasteiger partial charge < -0.3 is 20.3 Å². The lowest BCUT2D eigenvalue weighted by molar-refractivity contribution is -0.118. The zero-order valence-corrected chi connectivity index (χ0v) is 11.3. The third-order valence-corrected chi connectivity index (χ3v) is 3.62. The number of fused-ring (bicyclic) bond motifs is 1. The van der Waals surface area contributed by atoms with Crippen LogP contribution in [0, 0.1) is 0 Å². The van der Waals surface area contributed by atoms with Gasteiger partial charge >= 0.3 is 0 Å². The summed E-state index contributed by atoms with van der Waals surface area (Å²) < 4.78 is 5.35. The number of amides is 2. The number of nitrogens with one attached hydrogen (secondary N) is 2. The minimum absolute atomic E-state index is 0.00213. The van der Waals surface area contributed by atoms with Gasteiger partial charge in [-0.25, -0.2) is 0 Å². The smallest absolute Gasteiger partial charge is 0.262 e. The maximum Gasteiger partial charge on any atom is 0.262 e. The van der Waals surface area contributed by atoms with E-state index < -0.39 is 0 Å². The zero-order valence-electron chi connectivity index (χ0n) is 11.3. The fourth-order valence-corrected chi connectivity index (χ4v) is 2.52. The maximum absolute atomic E-state index is 12.5. The first-order chi connectivity index (χ1) is 9.65. The second-order valence-electron chi connectivity index (χ2n) is 5.10. The van der Waals surface area contributed by atoms with Crippen LogP contribution in [0.2, 0.25) is 0 Å². The predicted molar refractivity (Wildman–Crippen MR) is 73.9 cm³/mol. The molecule has 0 unspecified atom stereocenters. The van der Waals surface area contributed by atoms with Crippen molar-refractivity contribution in [3.8, 4) is 5.75 Å². The summed E-state index contributed by atoms with van der Waals surface area (Å²) in [5, 5.41) is 5.98. The molecule has 3 rings (SSSR count). The van der Waals surface area contributed by atoms with Crippen molar-refractivity contribution in [1.29, 1.82) is 0 Å². The predicted octanol–water partition coefficient (Wildman–Crippen LogP) is 0.451. The molecule has 1 atom stereocenters. The van der Waals surface area contributed by atoms with Crippen LogP contribution in [0.5, 0.6) is 5.75 Å². The lowest BCUT2D eigenvalue weighted by atomic mass is 10.1. The molecule has 0 saturated carbocycles. The van der Waals surface area contributed by atoms with Gasteiger partial charge in [0, 0.05) is 31.2 Å². The van der Waals surface area contributed by atoms with Gasteiger partial charge in [-0.3, -0.25) is 9.59 Å². The van der Waals surface area contributed by atoms with Crippen molar-refractivity contribution in [2.75, 3.05) is 31.6 Å². The van der Waals surface area contributed by atoms with Crippen molar-refractivity contribution in [2.45, 2.75) is 13.0 Å². The molecule has 2 aliphatic rings. The molecule has 1 saturated heterocycles. The molecule has 6 heteroatoms. The van der Waals surface area contributed by atoms with Crippen LogP contribution in [0.4, 0.5) is 5.69 Å². The van der Waals surface area contributed by atoms with E-state index in [4.69, 9.17) is 4.74 Å². The lowest BCUT2D eigenvalue weighted by Gasteiger charge is -2.34. The highest BCUT2D eigenvalue weighted by Crippen LogP contribution is 2.29. The van der Waals surface area contributed by atoms with Crippen molar-refractivity contribution in [1.82, 2.24) is 10.2 Å². The molecule has 2 amide bonds. The van der Waals surface area contributed by atoms with Gasteiger partial charge in [0.1, 0.15) is 5.75 Å². The lowest BCUT2D eigenvalue weighted by Crippen LogP contribution is -2.52. The van der Waals surface area contributed by atoms with Gasteiger partial charge in [0.15, 0.2) is 6.61 Å². The van der Waals surface area contributed by atoms with Gasteiger partial charge in [-0.05, 0) is 25.1 Å². The summed E-state index contributed by atoms with van der Waals surface area (Å²) in [5.41, 5.74) is 1.21. The molecule has 6 nitrogen and oxygen atoms in total. The summed E-state index contributed by atoms with van der Waals surface area (Å²) in [5.74, 6) is 0.382. The number of hydrogen-bond acceptors (Lipinski definition) is 4. The quantitative estimate of drug-likeness (QED) is 0.781.